The monoisotopic (exact) mass is 377 g/mol. The van der Waals surface area contributed by atoms with Gasteiger partial charge >= 0.3 is 5.97 Å². The van der Waals surface area contributed by atoms with Gasteiger partial charge in [-0.1, -0.05) is 28.1 Å². The molecule has 23 heavy (non-hydrogen) atoms. The smallest absolute Gasteiger partial charge is 0.331 e. The Labute approximate surface area is 141 Å². The third kappa shape index (κ3) is 6.04. The largest absolute Gasteiger partial charge is 0.452 e. The number of benzene rings is 2. The molecule has 0 aliphatic carbocycles. The van der Waals surface area contributed by atoms with E-state index in [4.69, 9.17) is 4.74 Å². The molecule has 0 unspecified atom stereocenters. The Hall–Kier alpha value is -2.47. The lowest BCUT2D eigenvalue weighted by Gasteiger charge is -2.05. The number of nitrogens with one attached hydrogen (secondary N) is 1. The van der Waals surface area contributed by atoms with Crippen LogP contribution in [0, 0.1) is 5.82 Å². The van der Waals surface area contributed by atoms with Crippen molar-refractivity contribution in [2.45, 2.75) is 0 Å². The van der Waals surface area contributed by atoms with E-state index in [-0.39, 0.29) is 0 Å². The Morgan fingerprint density at radius 3 is 2.61 bits per heavy atom. The Balaban J connectivity index is 1.79. The molecule has 0 atom stereocenters. The fourth-order valence-corrected chi connectivity index (χ4v) is 2.11. The predicted molar refractivity (Wildman–Crippen MR) is 89.2 cm³/mol. The first kappa shape index (κ1) is 16.9. The molecule has 0 aliphatic heterocycles. The van der Waals surface area contributed by atoms with Crippen LogP contribution in [0.4, 0.5) is 10.1 Å². The first-order valence-corrected chi connectivity index (χ1v) is 7.48. The molecule has 1 N–H and O–H groups in total. The van der Waals surface area contributed by atoms with Gasteiger partial charge in [0.1, 0.15) is 5.82 Å². The molecular formula is C17H13BrFNO3. The number of amides is 1. The van der Waals surface area contributed by atoms with Crippen LogP contribution in [0.2, 0.25) is 0 Å². The second kappa shape index (κ2) is 8.24. The number of rotatable bonds is 5. The normalized spacial score (nSPS) is 10.5. The molecule has 6 heteroatoms. The maximum atomic E-state index is 12.7. The minimum atomic E-state index is -0.626. The van der Waals surface area contributed by atoms with Crippen molar-refractivity contribution in [2.24, 2.45) is 0 Å². The van der Waals surface area contributed by atoms with Gasteiger partial charge in [-0.2, -0.15) is 0 Å². The van der Waals surface area contributed by atoms with Crippen molar-refractivity contribution in [1.82, 2.24) is 0 Å². The molecule has 0 aromatic heterocycles. The topological polar surface area (TPSA) is 55.4 Å². The molecule has 0 saturated carbocycles. The Kier molecular flexibility index (Phi) is 6.05. The predicted octanol–water partition coefficient (Wildman–Crippen LogP) is 3.78. The van der Waals surface area contributed by atoms with E-state index in [9.17, 15) is 14.0 Å². The van der Waals surface area contributed by atoms with Gasteiger partial charge in [0, 0.05) is 16.2 Å². The van der Waals surface area contributed by atoms with Crippen LogP contribution < -0.4 is 5.32 Å². The molecule has 118 valence electrons. The lowest BCUT2D eigenvalue weighted by Crippen LogP contribution is -2.20. The SMILES string of the molecule is O=C(COC(=O)/C=C/c1cccc(Br)c1)Nc1ccc(F)cc1. The van der Waals surface area contributed by atoms with Gasteiger partial charge in [-0.25, -0.2) is 9.18 Å². The standard InChI is InChI=1S/C17H13BrFNO3/c18-13-3-1-2-12(10-13)4-9-17(22)23-11-16(21)20-15-7-5-14(19)6-8-15/h1-10H,11H2,(H,20,21)/b9-4+. The number of carbonyl (C=O) groups excluding carboxylic acids is 2. The molecule has 0 heterocycles. The molecule has 0 saturated heterocycles. The number of anilines is 1. The van der Waals surface area contributed by atoms with Crippen LogP contribution in [-0.2, 0) is 14.3 Å². The van der Waals surface area contributed by atoms with Crippen molar-refractivity contribution in [1.29, 1.82) is 0 Å². The van der Waals surface area contributed by atoms with Crippen LogP contribution in [0.25, 0.3) is 6.08 Å². The molecule has 1 amide bonds. The fraction of sp³-hybridized carbons (Fsp3) is 0.0588. The van der Waals surface area contributed by atoms with Crippen LogP contribution in [-0.4, -0.2) is 18.5 Å². The minimum absolute atomic E-state index is 0.396. The highest BCUT2D eigenvalue weighted by Gasteiger charge is 2.05. The molecular weight excluding hydrogens is 365 g/mol. The third-order valence-corrected chi connectivity index (χ3v) is 3.23. The first-order chi connectivity index (χ1) is 11.0. The lowest BCUT2D eigenvalue weighted by molar-refractivity contribution is -0.142. The van der Waals surface area contributed by atoms with Crippen molar-refractivity contribution in [3.05, 3.63) is 70.5 Å². The number of esters is 1. The maximum absolute atomic E-state index is 12.7. The molecule has 0 aliphatic rings. The molecule has 0 bridgehead atoms. The molecule has 2 aromatic rings. The Morgan fingerprint density at radius 1 is 1.17 bits per heavy atom. The van der Waals surface area contributed by atoms with Gasteiger partial charge in [-0.3, -0.25) is 4.79 Å². The van der Waals surface area contributed by atoms with Crippen molar-refractivity contribution < 1.29 is 18.7 Å². The maximum Gasteiger partial charge on any atom is 0.331 e. The van der Waals surface area contributed by atoms with Crippen LogP contribution in [0.1, 0.15) is 5.56 Å². The van der Waals surface area contributed by atoms with Crippen LogP contribution in [0.3, 0.4) is 0 Å². The number of hydrogen-bond acceptors (Lipinski definition) is 3. The molecule has 0 fully saturated rings. The Bertz CT molecular complexity index is 729. The van der Waals surface area contributed by atoms with Gasteiger partial charge in [0.05, 0.1) is 0 Å². The number of carbonyl (C=O) groups is 2. The van der Waals surface area contributed by atoms with E-state index in [2.05, 4.69) is 21.2 Å². The van der Waals surface area contributed by atoms with Crippen LogP contribution in [0.5, 0.6) is 0 Å². The van der Waals surface area contributed by atoms with E-state index in [1.54, 1.807) is 6.08 Å². The summed E-state index contributed by atoms with van der Waals surface area (Å²) in [5, 5.41) is 2.49. The fourth-order valence-electron chi connectivity index (χ4n) is 1.69. The summed E-state index contributed by atoms with van der Waals surface area (Å²) in [6, 6.07) is 12.7. The summed E-state index contributed by atoms with van der Waals surface area (Å²) in [4.78, 5) is 23.2. The average Bonchev–Trinajstić information content (AvgIpc) is 2.53. The van der Waals surface area contributed by atoms with Crippen molar-refractivity contribution in [2.75, 3.05) is 11.9 Å². The summed E-state index contributed by atoms with van der Waals surface area (Å²) >= 11 is 3.33. The quantitative estimate of drug-likeness (QED) is 0.637. The van der Waals surface area contributed by atoms with E-state index < -0.39 is 24.3 Å². The zero-order valence-corrected chi connectivity index (χ0v) is 13.5. The van der Waals surface area contributed by atoms with Gasteiger partial charge in [0.2, 0.25) is 0 Å². The molecule has 4 nitrogen and oxygen atoms in total. The molecule has 2 rings (SSSR count). The average molecular weight is 378 g/mol. The number of hydrogen-bond donors (Lipinski definition) is 1. The highest BCUT2D eigenvalue weighted by atomic mass is 79.9. The lowest BCUT2D eigenvalue weighted by atomic mass is 10.2. The zero-order valence-electron chi connectivity index (χ0n) is 12.0. The Morgan fingerprint density at radius 2 is 1.91 bits per heavy atom. The zero-order chi connectivity index (χ0) is 16.7. The van der Waals surface area contributed by atoms with Gasteiger partial charge < -0.3 is 10.1 Å². The van der Waals surface area contributed by atoms with Gasteiger partial charge in [-0.05, 0) is 48.0 Å². The summed E-state index contributed by atoms with van der Waals surface area (Å²) in [5.41, 5.74) is 1.25. The summed E-state index contributed by atoms with van der Waals surface area (Å²) in [5.74, 6) is -1.52. The van der Waals surface area contributed by atoms with Crippen molar-refractivity contribution in [3.8, 4) is 0 Å². The first-order valence-electron chi connectivity index (χ1n) is 6.69. The van der Waals surface area contributed by atoms with Gasteiger partial charge in [0.15, 0.2) is 6.61 Å². The summed E-state index contributed by atoms with van der Waals surface area (Å²) in [6.45, 7) is -0.418. The summed E-state index contributed by atoms with van der Waals surface area (Å²) in [6.07, 6.45) is 2.83. The van der Waals surface area contributed by atoms with Crippen LogP contribution in [0.15, 0.2) is 59.1 Å². The van der Waals surface area contributed by atoms with E-state index >= 15 is 0 Å². The van der Waals surface area contributed by atoms with E-state index in [0.717, 1.165) is 10.0 Å². The van der Waals surface area contributed by atoms with Gasteiger partial charge in [0.25, 0.3) is 5.91 Å². The number of ether oxygens (including phenoxy) is 1. The van der Waals surface area contributed by atoms with Gasteiger partial charge in [-0.15, -0.1) is 0 Å². The summed E-state index contributed by atoms with van der Waals surface area (Å²) in [7, 11) is 0. The second-order valence-electron chi connectivity index (χ2n) is 4.55. The third-order valence-electron chi connectivity index (χ3n) is 2.73. The van der Waals surface area contributed by atoms with E-state index in [1.807, 2.05) is 24.3 Å². The number of halogens is 2. The van der Waals surface area contributed by atoms with Crippen LogP contribution >= 0.6 is 15.9 Å². The van der Waals surface area contributed by atoms with E-state index in [1.165, 1.54) is 30.3 Å². The van der Waals surface area contributed by atoms with E-state index in [0.29, 0.717) is 5.69 Å². The summed E-state index contributed by atoms with van der Waals surface area (Å²) < 4.78 is 18.5. The second-order valence-corrected chi connectivity index (χ2v) is 5.47. The molecule has 0 spiro atoms. The van der Waals surface area contributed by atoms with Crippen molar-refractivity contribution in [3.63, 3.8) is 0 Å². The minimum Gasteiger partial charge on any atom is -0.452 e. The molecule has 0 radical (unpaired) electrons. The van der Waals surface area contributed by atoms with Crippen molar-refractivity contribution >= 4 is 39.6 Å². The molecule has 2 aromatic carbocycles. The highest BCUT2D eigenvalue weighted by molar-refractivity contribution is 9.10. The highest BCUT2D eigenvalue weighted by Crippen LogP contribution is 2.12.